The maximum Gasteiger partial charge on any atom is 0.244 e. The molecule has 0 radical (unpaired) electrons. The Morgan fingerprint density at radius 1 is 1.08 bits per heavy atom. The van der Waals surface area contributed by atoms with Gasteiger partial charge in [0.15, 0.2) is 0 Å². The van der Waals surface area contributed by atoms with E-state index in [1.165, 1.54) is 5.56 Å². The smallest absolute Gasteiger partial charge is 0.244 e. The van der Waals surface area contributed by atoms with Gasteiger partial charge in [0.05, 0.1) is 5.41 Å². The fourth-order valence-electron chi connectivity index (χ4n) is 3.12. The van der Waals surface area contributed by atoms with Gasteiger partial charge in [0, 0.05) is 11.4 Å². The van der Waals surface area contributed by atoms with E-state index in [0.717, 1.165) is 22.5 Å². The number of aryl methyl sites for hydroxylation is 2. The van der Waals surface area contributed by atoms with Crippen LogP contribution in [0.5, 0.6) is 0 Å². The minimum Gasteiger partial charge on any atom is -0.325 e. The monoisotopic (exact) mass is 322 g/mol. The van der Waals surface area contributed by atoms with Crippen LogP contribution in [-0.2, 0) is 15.0 Å². The van der Waals surface area contributed by atoms with Crippen molar-refractivity contribution in [2.45, 2.75) is 33.1 Å². The van der Waals surface area contributed by atoms with E-state index in [2.05, 4.69) is 5.32 Å². The molecular weight excluding hydrogens is 300 g/mol. The molecule has 1 aliphatic rings. The normalized spacial score (nSPS) is 15.3. The first-order valence-electron chi connectivity index (χ1n) is 8.09. The molecule has 3 rings (SSSR count). The third-order valence-electron chi connectivity index (χ3n) is 4.74. The number of anilines is 2. The minimum atomic E-state index is -0.600. The number of benzene rings is 2. The molecule has 0 saturated heterocycles. The van der Waals surface area contributed by atoms with E-state index in [1.807, 2.05) is 70.2 Å². The second kappa shape index (κ2) is 5.78. The maximum atomic E-state index is 12.7. The molecule has 0 bridgehead atoms. The number of fused-ring (bicyclic) bond motifs is 1. The van der Waals surface area contributed by atoms with Crippen LogP contribution in [0.15, 0.2) is 42.5 Å². The van der Waals surface area contributed by atoms with Gasteiger partial charge in [-0.15, -0.1) is 0 Å². The Bertz CT molecular complexity index is 824. The van der Waals surface area contributed by atoms with E-state index in [1.54, 1.807) is 4.90 Å². The predicted molar refractivity (Wildman–Crippen MR) is 96.4 cm³/mol. The van der Waals surface area contributed by atoms with Crippen LogP contribution in [0.25, 0.3) is 0 Å². The molecule has 124 valence electrons. The van der Waals surface area contributed by atoms with Gasteiger partial charge in [-0.05, 0) is 62.6 Å². The van der Waals surface area contributed by atoms with Gasteiger partial charge in [-0.2, -0.15) is 0 Å². The number of carbonyl (C=O) groups excluding carboxylic acids is 2. The molecule has 0 atom stereocenters. The summed E-state index contributed by atoms with van der Waals surface area (Å²) in [7, 11) is 0. The molecule has 1 heterocycles. The number of rotatable bonds is 3. The van der Waals surface area contributed by atoms with Gasteiger partial charge < -0.3 is 10.2 Å². The van der Waals surface area contributed by atoms with E-state index < -0.39 is 5.41 Å². The molecule has 0 fully saturated rings. The van der Waals surface area contributed by atoms with Crippen LogP contribution in [-0.4, -0.2) is 18.4 Å². The van der Waals surface area contributed by atoms with E-state index in [9.17, 15) is 9.59 Å². The zero-order chi connectivity index (χ0) is 17.5. The highest BCUT2D eigenvalue weighted by molar-refractivity contribution is 6.11. The Kier molecular flexibility index (Phi) is 3.91. The molecule has 0 aromatic heterocycles. The highest BCUT2D eigenvalue weighted by Crippen LogP contribution is 2.41. The van der Waals surface area contributed by atoms with Gasteiger partial charge in [0.25, 0.3) is 0 Å². The van der Waals surface area contributed by atoms with E-state index in [0.29, 0.717) is 0 Å². The Labute approximate surface area is 142 Å². The average molecular weight is 322 g/mol. The summed E-state index contributed by atoms with van der Waals surface area (Å²) in [5.74, 6) is -0.238. The second-order valence-electron chi connectivity index (χ2n) is 6.88. The van der Waals surface area contributed by atoms with Crippen molar-refractivity contribution >= 4 is 23.2 Å². The summed E-state index contributed by atoms with van der Waals surface area (Å²) in [6.45, 7) is 7.85. The first kappa shape index (κ1) is 16.2. The van der Waals surface area contributed by atoms with Crippen LogP contribution >= 0.6 is 0 Å². The summed E-state index contributed by atoms with van der Waals surface area (Å²) < 4.78 is 0. The lowest BCUT2D eigenvalue weighted by molar-refractivity contribution is -0.124. The van der Waals surface area contributed by atoms with Crippen LogP contribution in [0.2, 0.25) is 0 Å². The average Bonchev–Trinajstić information content (AvgIpc) is 2.73. The number of nitrogens with zero attached hydrogens (tertiary/aromatic N) is 1. The number of hydrogen-bond donors (Lipinski definition) is 1. The molecule has 4 nitrogen and oxygen atoms in total. The highest BCUT2D eigenvalue weighted by atomic mass is 16.2. The molecule has 0 unspecified atom stereocenters. The highest BCUT2D eigenvalue weighted by Gasteiger charge is 2.44. The van der Waals surface area contributed by atoms with Crippen molar-refractivity contribution in [3.8, 4) is 0 Å². The largest absolute Gasteiger partial charge is 0.325 e. The van der Waals surface area contributed by atoms with Crippen LogP contribution in [0, 0.1) is 13.8 Å². The summed E-state index contributed by atoms with van der Waals surface area (Å²) >= 11 is 0. The lowest BCUT2D eigenvalue weighted by Crippen LogP contribution is -2.40. The number of amides is 2. The lowest BCUT2D eigenvalue weighted by atomic mass is 9.86. The molecule has 0 saturated carbocycles. The summed E-state index contributed by atoms with van der Waals surface area (Å²) in [5, 5.41) is 2.88. The molecule has 0 spiro atoms. The topological polar surface area (TPSA) is 49.4 Å². The van der Waals surface area contributed by atoms with Crippen molar-refractivity contribution in [2.75, 3.05) is 16.8 Å². The molecule has 2 aromatic carbocycles. The summed E-state index contributed by atoms with van der Waals surface area (Å²) in [6.07, 6.45) is 0. The van der Waals surface area contributed by atoms with Crippen LogP contribution in [0.3, 0.4) is 0 Å². The Morgan fingerprint density at radius 3 is 2.50 bits per heavy atom. The van der Waals surface area contributed by atoms with Gasteiger partial charge in [-0.3, -0.25) is 9.59 Å². The summed E-state index contributed by atoms with van der Waals surface area (Å²) in [5.41, 5.74) is 4.24. The first-order valence-corrected chi connectivity index (χ1v) is 8.09. The van der Waals surface area contributed by atoms with Crippen molar-refractivity contribution in [3.63, 3.8) is 0 Å². The molecule has 1 N–H and O–H groups in total. The van der Waals surface area contributed by atoms with Crippen molar-refractivity contribution in [1.29, 1.82) is 0 Å². The predicted octanol–water partition coefficient (Wildman–Crippen LogP) is 3.57. The van der Waals surface area contributed by atoms with E-state index in [4.69, 9.17) is 0 Å². The van der Waals surface area contributed by atoms with Gasteiger partial charge in [0.2, 0.25) is 11.8 Å². The number of hydrogen-bond acceptors (Lipinski definition) is 2. The number of nitrogens with one attached hydrogen (secondary N) is 1. The van der Waals surface area contributed by atoms with E-state index in [-0.39, 0.29) is 18.4 Å². The standard InChI is InChI=1S/C20H22N2O2/c1-13-9-10-15(11-14(13)2)21-18(23)12-22-17-8-6-5-7-16(17)20(3,4)19(22)24/h5-11H,12H2,1-4H3,(H,21,23). The molecule has 0 aliphatic carbocycles. The van der Waals surface area contributed by atoms with Gasteiger partial charge in [-0.1, -0.05) is 24.3 Å². The van der Waals surface area contributed by atoms with Gasteiger partial charge in [0.1, 0.15) is 6.54 Å². The molecule has 4 heteroatoms. The van der Waals surface area contributed by atoms with Crippen LogP contribution < -0.4 is 10.2 Å². The molecule has 24 heavy (non-hydrogen) atoms. The maximum absolute atomic E-state index is 12.7. The minimum absolute atomic E-state index is 0.0200. The third-order valence-corrected chi connectivity index (χ3v) is 4.74. The van der Waals surface area contributed by atoms with Crippen molar-refractivity contribution < 1.29 is 9.59 Å². The van der Waals surface area contributed by atoms with Crippen LogP contribution in [0.4, 0.5) is 11.4 Å². The third kappa shape index (κ3) is 2.68. The van der Waals surface area contributed by atoms with E-state index >= 15 is 0 Å². The second-order valence-corrected chi connectivity index (χ2v) is 6.88. The molecular formula is C20H22N2O2. The Morgan fingerprint density at radius 2 is 1.79 bits per heavy atom. The molecule has 2 aromatic rings. The molecule has 2 amide bonds. The zero-order valence-corrected chi connectivity index (χ0v) is 14.5. The Hall–Kier alpha value is -2.62. The summed E-state index contributed by atoms with van der Waals surface area (Å²) in [6, 6.07) is 13.5. The van der Waals surface area contributed by atoms with Crippen molar-refractivity contribution in [3.05, 3.63) is 59.2 Å². The van der Waals surface area contributed by atoms with Crippen LogP contribution in [0.1, 0.15) is 30.5 Å². The van der Waals surface area contributed by atoms with Crippen molar-refractivity contribution in [2.24, 2.45) is 0 Å². The van der Waals surface area contributed by atoms with Gasteiger partial charge in [-0.25, -0.2) is 0 Å². The SMILES string of the molecule is Cc1ccc(NC(=O)CN2C(=O)C(C)(C)c3ccccc32)cc1C. The lowest BCUT2D eigenvalue weighted by Gasteiger charge is -2.20. The van der Waals surface area contributed by atoms with Gasteiger partial charge >= 0.3 is 0 Å². The first-order chi connectivity index (χ1) is 11.3. The van der Waals surface area contributed by atoms with Crippen molar-refractivity contribution in [1.82, 2.24) is 0 Å². The Balaban J connectivity index is 1.79. The number of carbonyl (C=O) groups is 2. The quantitative estimate of drug-likeness (QED) is 0.939. The zero-order valence-electron chi connectivity index (χ0n) is 14.5. The fourth-order valence-corrected chi connectivity index (χ4v) is 3.12. The summed E-state index contributed by atoms with van der Waals surface area (Å²) in [4.78, 5) is 26.7. The molecule has 1 aliphatic heterocycles. The number of para-hydroxylation sites is 1. The fraction of sp³-hybridized carbons (Fsp3) is 0.300.